The number of nitrogens with zero attached hydrogens (tertiary/aromatic N) is 3. The summed E-state index contributed by atoms with van der Waals surface area (Å²) in [6.07, 6.45) is 1.40. The van der Waals surface area contributed by atoms with Crippen LogP contribution in [0.2, 0.25) is 0 Å². The normalized spacial score (nSPS) is 19.1. The first kappa shape index (κ1) is 20.4. The smallest absolute Gasteiger partial charge is 0.411 e. The van der Waals surface area contributed by atoms with E-state index in [1.54, 1.807) is 11.1 Å². The Kier molecular flexibility index (Phi) is 4.80. The number of pyridine rings is 1. The lowest BCUT2D eigenvalue weighted by Gasteiger charge is -2.42. The number of hydrogen-bond acceptors (Lipinski definition) is 4. The number of cyclic esters (lactones) is 1. The van der Waals surface area contributed by atoms with Crippen LogP contribution in [0, 0.1) is 0 Å². The number of hydrogen-bond donors (Lipinski definition) is 0. The highest BCUT2D eigenvalue weighted by atomic mass is 16.6. The molecule has 2 amide bonds. The van der Waals surface area contributed by atoms with Crippen molar-refractivity contribution in [3.8, 4) is 0 Å². The zero-order valence-corrected chi connectivity index (χ0v) is 18.5. The Bertz CT molecular complexity index is 1330. The summed E-state index contributed by atoms with van der Waals surface area (Å²) in [7, 11) is 0. The van der Waals surface area contributed by atoms with Gasteiger partial charge in [0, 0.05) is 47.9 Å². The molecule has 0 aliphatic carbocycles. The van der Waals surface area contributed by atoms with Gasteiger partial charge in [0.2, 0.25) is 0 Å². The molecule has 1 aromatic heterocycles. The number of carbonyl (C=O) groups excluding carboxylic acids is 2. The molecule has 2 aliphatic heterocycles. The second-order valence-electron chi connectivity index (χ2n) is 8.71. The quantitative estimate of drug-likeness (QED) is 0.464. The van der Waals surface area contributed by atoms with Gasteiger partial charge in [0.05, 0.1) is 5.52 Å². The summed E-state index contributed by atoms with van der Waals surface area (Å²) in [6, 6.07) is 28.7. The van der Waals surface area contributed by atoms with E-state index in [-0.39, 0.29) is 18.0 Å². The van der Waals surface area contributed by atoms with Gasteiger partial charge in [-0.15, -0.1) is 0 Å². The van der Waals surface area contributed by atoms with Crippen LogP contribution in [0.15, 0.2) is 97.2 Å². The average Bonchev–Trinajstić information content (AvgIpc) is 3.21. The third-order valence-corrected chi connectivity index (χ3v) is 6.87. The van der Waals surface area contributed by atoms with Crippen molar-refractivity contribution >= 4 is 22.9 Å². The van der Waals surface area contributed by atoms with Crippen molar-refractivity contribution in [2.24, 2.45) is 0 Å². The predicted octanol–water partition coefficient (Wildman–Crippen LogP) is 4.46. The number of rotatable bonds is 3. The second kappa shape index (κ2) is 7.99. The van der Waals surface area contributed by atoms with Crippen molar-refractivity contribution in [1.29, 1.82) is 0 Å². The van der Waals surface area contributed by atoms with Crippen LogP contribution in [0.25, 0.3) is 10.9 Å². The Balaban J connectivity index is 1.40. The Morgan fingerprint density at radius 1 is 0.882 bits per heavy atom. The highest BCUT2D eigenvalue weighted by molar-refractivity contribution is 5.98. The maximum absolute atomic E-state index is 13.6. The molecule has 2 saturated heterocycles. The zero-order chi connectivity index (χ0) is 23.1. The Morgan fingerprint density at radius 3 is 2.29 bits per heavy atom. The Hall–Kier alpha value is -4.19. The van der Waals surface area contributed by atoms with E-state index in [1.165, 1.54) is 0 Å². The van der Waals surface area contributed by atoms with E-state index in [2.05, 4.69) is 4.98 Å². The Morgan fingerprint density at radius 2 is 1.59 bits per heavy atom. The third kappa shape index (κ3) is 3.14. The molecule has 2 fully saturated rings. The molecule has 2 aliphatic rings. The molecule has 6 rings (SSSR count). The molecule has 0 radical (unpaired) electrons. The molecular formula is C28H23N3O3. The van der Waals surface area contributed by atoms with Gasteiger partial charge in [0.1, 0.15) is 6.04 Å². The molecule has 6 nitrogen and oxygen atoms in total. The van der Waals surface area contributed by atoms with E-state index in [4.69, 9.17) is 4.74 Å². The summed E-state index contributed by atoms with van der Waals surface area (Å²) in [6.45, 7) is 1.25. The van der Waals surface area contributed by atoms with Crippen LogP contribution in [-0.4, -0.2) is 52.5 Å². The third-order valence-electron chi connectivity index (χ3n) is 6.87. The zero-order valence-electron chi connectivity index (χ0n) is 18.5. The minimum Gasteiger partial charge on any atom is -0.431 e. The summed E-state index contributed by atoms with van der Waals surface area (Å²) < 4.78 is 6.20. The summed E-state index contributed by atoms with van der Waals surface area (Å²) in [4.78, 5) is 34.6. The number of aromatic nitrogens is 1. The molecule has 0 saturated carbocycles. The van der Waals surface area contributed by atoms with E-state index in [0.717, 1.165) is 22.0 Å². The van der Waals surface area contributed by atoms with Gasteiger partial charge in [-0.3, -0.25) is 14.7 Å². The lowest BCUT2D eigenvalue weighted by atomic mass is 9.79. The molecule has 0 N–H and O–H groups in total. The molecule has 1 atom stereocenters. The van der Waals surface area contributed by atoms with Gasteiger partial charge in [-0.1, -0.05) is 66.7 Å². The number of amides is 2. The van der Waals surface area contributed by atoms with Crippen molar-refractivity contribution in [2.75, 3.05) is 19.6 Å². The molecule has 34 heavy (non-hydrogen) atoms. The lowest BCUT2D eigenvalue weighted by molar-refractivity contribution is 0.0372. The number of ether oxygens (including phenoxy) is 1. The van der Waals surface area contributed by atoms with E-state index < -0.39 is 5.60 Å². The van der Waals surface area contributed by atoms with Crippen LogP contribution >= 0.6 is 0 Å². The monoisotopic (exact) mass is 449 g/mol. The first-order chi connectivity index (χ1) is 16.7. The molecule has 0 bridgehead atoms. The Labute approximate surface area is 197 Å². The topological polar surface area (TPSA) is 62.7 Å². The minimum atomic E-state index is -0.994. The summed E-state index contributed by atoms with van der Waals surface area (Å²) >= 11 is 0. The second-order valence-corrected chi connectivity index (χ2v) is 8.71. The van der Waals surface area contributed by atoms with Crippen LogP contribution < -0.4 is 0 Å². The number of fused-ring (bicyclic) bond motifs is 2. The van der Waals surface area contributed by atoms with Gasteiger partial charge in [0.15, 0.2) is 5.60 Å². The van der Waals surface area contributed by atoms with Gasteiger partial charge in [0.25, 0.3) is 5.91 Å². The molecule has 168 valence electrons. The SMILES string of the molecule is O=C(c1ccc2ncccc2c1)N1CCN2C(=O)OC(c3ccccc3)(c3ccccc3)C2C1. The largest absolute Gasteiger partial charge is 0.431 e. The van der Waals surface area contributed by atoms with Crippen LogP contribution in [-0.2, 0) is 10.3 Å². The van der Waals surface area contributed by atoms with Gasteiger partial charge in [-0.05, 0) is 24.3 Å². The first-order valence-electron chi connectivity index (χ1n) is 11.4. The maximum Gasteiger partial charge on any atom is 0.411 e. The fourth-order valence-corrected chi connectivity index (χ4v) is 5.23. The molecule has 1 unspecified atom stereocenters. The highest BCUT2D eigenvalue weighted by Crippen LogP contribution is 2.45. The van der Waals surface area contributed by atoms with Crippen molar-refractivity contribution in [3.63, 3.8) is 0 Å². The van der Waals surface area contributed by atoms with E-state index in [0.29, 0.717) is 25.2 Å². The highest BCUT2D eigenvalue weighted by Gasteiger charge is 2.58. The van der Waals surface area contributed by atoms with Crippen molar-refractivity contribution in [1.82, 2.24) is 14.8 Å². The predicted molar refractivity (Wildman–Crippen MR) is 128 cm³/mol. The molecule has 6 heteroatoms. The van der Waals surface area contributed by atoms with Crippen molar-refractivity contribution in [3.05, 3.63) is 114 Å². The fourth-order valence-electron chi connectivity index (χ4n) is 5.23. The lowest BCUT2D eigenvalue weighted by Crippen LogP contribution is -2.58. The van der Waals surface area contributed by atoms with Gasteiger partial charge in [-0.25, -0.2) is 4.79 Å². The summed E-state index contributed by atoms with van der Waals surface area (Å²) in [5, 5.41) is 0.925. The van der Waals surface area contributed by atoms with Crippen molar-refractivity contribution in [2.45, 2.75) is 11.6 Å². The summed E-state index contributed by atoms with van der Waals surface area (Å²) in [5.41, 5.74) is 2.27. The van der Waals surface area contributed by atoms with Crippen LogP contribution in [0.3, 0.4) is 0 Å². The molecule has 0 spiro atoms. The van der Waals surface area contributed by atoms with Gasteiger partial charge in [-0.2, -0.15) is 0 Å². The van der Waals surface area contributed by atoms with Gasteiger partial charge >= 0.3 is 6.09 Å². The van der Waals surface area contributed by atoms with Crippen LogP contribution in [0.5, 0.6) is 0 Å². The van der Waals surface area contributed by atoms with E-state index in [9.17, 15) is 9.59 Å². The van der Waals surface area contributed by atoms with Crippen LogP contribution in [0.4, 0.5) is 4.79 Å². The van der Waals surface area contributed by atoms with Crippen LogP contribution in [0.1, 0.15) is 21.5 Å². The van der Waals surface area contributed by atoms with Crippen molar-refractivity contribution < 1.29 is 14.3 Å². The first-order valence-corrected chi connectivity index (χ1v) is 11.4. The molecule has 4 aromatic rings. The van der Waals surface area contributed by atoms with Gasteiger partial charge < -0.3 is 9.64 Å². The fraction of sp³-hybridized carbons (Fsp3) is 0.179. The number of benzene rings is 3. The maximum atomic E-state index is 13.6. The standard InChI is InChI=1S/C28H23N3O3/c32-26(21-13-14-24-20(18-21)8-7-15-29-24)30-16-17-31-25(19-30)28(34-27(31)33,22-9-3-1-4-10-22)23-11-5-2-6-12-23/h1-15,18,25H,16-17,19H2. The number of piperazine rings is 1. The molecule has 3 aromatic carbocycles. The molecular weight excluding hydrogens is 426 g/mol. The number of carbonyl (C=O) groups is 2. The van der Waals surface area contributed by atoms with E-state index in [1.807, 2.05) is 95.9 Å². The molecule has 3 heterocycles. The average molecular weight is 450 g/mol. The summed E-state index contributed by atoms with van der Waals surface area (Å²) in [5.74, 6) is -0.0558. The van der Waals surface area contributed by atoms with E-state index >= 15 is 0 Å². The minimum absolute atomic E-state index is 0.0558.